The van der Waals surface area contributed by atoms with Crippen LogP contribution in [0.5, 0.6) is 0 Å². The number of likely N-dealkylation sites (N-methyl/N-ethyl adjacent to an activating group) is 1. The Morgan fingerprint density at radius 3 is 2.60 bits per heavy atom. The molecule has 2 rings (SSSR count). The van der Waals surface area contributed by atoms with E-state index in [1.54, 1.807) is 11.0 Å². The Labute approximate surface area is 130 Å². The molecule has 1 aromatic rings. The zero-order chi connectivity index (χ0) is 14.7. The maximum absolute atomic E-state index is 12.4. The number of rotatable bonds is 3. The standard InChI is InChI=1S/C15H20Cl2N2O/c1-10-3-4-18-14(5-10)15(20)19(2)9-11-6-12(16)8-13(17)7-11/h6-8,10,14,18H,3-5,9H2,1-2H3. The van der Waals surface area contributed by atoms with Crippen LogP contribution >= 0.6 is 23.2 Å². The topological polar surface area (TPSA) is 32.3 Å². The van der Waals surface area contributed by atoms with Crippen LogP contribution in [-0.2, 0) is 11.3 Å². The van der Waals surface area contributed by atoms with E-state index in [4.69, 9.17) is 23.2 Å². The van der Waals surface area contributed by atoms with Gasteiger partial charge >= 0.3 is 0 Å². The van der Waals surface area contributed by atoms with Gasteiger partial charge in [0.05, 0.1) is 6.04 Å². The molecule has 1 saturated heterocycles. The Kier molecular flexibility index (Phi) is 5.30. The summed E-state index contributed by atoms with van der Waals surface area (Å²) in [6.07, 6.45) is 2.04. The van der Waals surface area contributed by atoms with Gasteiger partial charge in [0.2, 0.25) is 5.91 Å². The Balaban J connectivity index is 1.99. The summed E-state index contributed by atoms with van der Waals surface area (Å²) < 4.78 is 0. The number of hydrogen-bond acceptors (Lipinski definition) is 2. The van der Waals surface area contributed by atoms with Crippen LogP contribution in [0.2, 0.25) is 10.0 Å². The Bertz CT molecular complexity index is 473. The van der Waals surface area contributed by atoms with E-state index in [1.807, 2.05) is 19.2 Å². The van der Waals surface area contributed by atoms with Crippen molar-refractivity contribution in [2.75, 3.05) is 13.6 Å². The summed E-state index contributed by atoms with van der Waals surface area (Å²) in [5.41, 5.74) is 0.946. The quantitative estimate of drug-likeness (QED) is 0.928. The van der Waals surface area contributed by atoms with Gasteiger partial charge in [0.1, 0.15) is 0 Å². The molecule has 5 heteroatoms. The minimum absolute atomic E-state index is 0.0709. The highest BCUT2D eigenvalue weighted by atomic mass is 35.5. The van der Waals surface area contributed by atoms with E-state index in [2.05, 4.69) is 12.2 Å². The second kappa shape index (κ2) is 6.79. The molecular formula is C15H20Cl2N2O. The van der Waals surface area contributed by atoms with Crippen LogP contribution in [0.1, 0.15) is 25.3 Å². The van der Waals surface area contributed by atoms with Crippen LogP contribution in [0.4, 0.5) is 0 Å². The zero-order valence-electron chi connectivity index (χ0n) is 11.8. The van der Waals surface area contributed by atoms with Gasteiger partial charge in [-0.2, -0.15) is 0 Å². The van der Waals surface area contributed by atoms with Gasteiger partial charge < -0.3 is 10.2 Å². The van der Waals surface area contributed by atoms with Crippen molar-refractivity contribution in [3.8, 4) is 0 Å². The minimum atomic E-state index is -0.0709. The van der Waals surface area contributed by atoms with Crippen LogP contribution in [0.3, 0.4) is 0 Å². The first kappa shape index (κ1) is 15.6. The number of amides is 1. The molecule has 1 aliphatic heterocycles. The van der Waals surface area contributed by atoms with Gasteiger partial charge in [-0.15, -0.1) is 0 Å². The van der Waals surface area contributed by atoms with Crippen molar-refractivity contribution in [2.45, 2.75) is 32.4 Å². The van der Waals surface area contributed by atoms with E-state index in [0.717, 1.165) is 24.9 Å². The third-order valence-corrected chi connectivity index (χ3v) is 4.12. The molecular weight excluding hydrogens is 295 g/mol. The van der Waals surface area contributed by atoms with E-state index in [0.29, 0.717) is 22.5 Å². The predicted octanol–water partition coefficient (Wildman–Crippen LogP) is 3.34. The van der Waals surface area contributed by atoms with Crippen LogP contribution in [0.15, 0.2) is 18.2 Å². The lowest BCUT2D eigenvalue weighted by molar-refractivity contribution is -0.133. The number of piperidine rings is 1. The molecule has 0 spiro atoms. The molecule has 1 N–H and O–H groups in total. The number of hydrogen-bond donors (Lipinski definition) is 1. The fraction of sp³-hybridized carbons (Fsp3) is 0.533. The lowest BCUT2D eigenvalue weighted by Gasteiger charge is -2.30. The van der Waals surface area contributed by atoms with Crippen LogP contribution in [-0.4, -0.2) is 30.4 Å². The summed E-state index contributed by atoms with van der Waals surface area (Å²) in [5.74, 6) is 0.729. The van der Waals surface area contributed by atoms with Crippen molar-refractivity contribution in [1.29, 1.82) is 0 Å². The van der Waals surface area contributed by atoms with Gasteiger partial charge in [-0.3, -0.25) is 4.79 Å². The molecule has 0 saturated carbocycles. The van der Waals surface area contributed by atoms with Crippen molar-refractivity contribution in [1.82, 2.24) is 10.2 Å². The maximum atomic E-state index is 12.4. The monoisotopic (exact) mass is 314 g/mol. The number of benzene rings is 1. The SMILES string of the molecule is CC1CCNC(C(=O)N(C)Cc2cc(Cl)cc(Cl)c2)C1. The predicted molar refractivity (Wildman–Crippen MR) is 83.1 cm³/mol. The molecule has 1 fully saturated rings. The van der Waals surface area contributed by atoms with Crippen LogP contribution in [0.25, 0.3) is 0 Å². The summed E-state index contributed by atoms with van der Waals surface area (Å²) in [6, 6.07) is 5.31. The van der Waals surface area contributed by atoms with Gasteiger partial charge in [0.15, 0.2) is 0 Å². The molecule has 20 heavy (non-hydrogen) atoms. The molecule has 2 unspecified atom stereocenters. The zero-order valence-corrected chi connectivity index (χ0v) is 13.3. The van der Waals surface area contributed by atoms with Gasteiger partial charge in [0, 0.05) is 23.6 Å². The third-order valence-electron chi connectivity index (χ3n) is 3.68. The molecule has 1 amide bonds. The molecule has 110 valence electrons. The molecule has 0 aromatic heterocycles. The second-order valence-corrected chi connectivity index (χ2v) is 6.48. The van der Waals surface area contributed by atoms with Crippen molar-refractivity contribution in [3.05, 3.63) is 33.8 Å². The summed E-state index contributed by atoms with van der Waals surface area (Å²) in [4.78, 5) is 14.1. The van der Waals surface area contributed by atoms with Crippen molar-refractivity contribution < 1.29 is 4.79 Å². The number of carbonyl (C=O) groups is 1. The van der Waals surface area contributed by atoms with E-state index in [1.165, 1.54) is 0 Å². The first-order valence-electron chi connectivity index (χ1n) is 6.89. The largest absolute Gasteiger partial charge is 0.340 e. The first-order chi connectivity index (χ1) is 9.45. The van der Waals surface area contributed by atoms with E-state index >= 15 is 0 Å². The molecule has 3 nitrogen and oxygen atoms in total. The summed E-state index contributed by atoms with van der Waals surface area (Å²) in [6.45, 7) is 3.62. The molecule has 0 aliphatic carbocycles. The summed E-state index contributed by atoms with van der Waals surface area (Å²) in [7, 11) is 1.82. The lowest BCUT2D eigenvalue weighted by atomic mass is 9.93. The van der Waals surface area contributed by atoms with Gasteiger partial charge in [-0.05, 0) is 49.1 Å². The van der Waals surface area contributed by atoms with Crippen LogP contribution < -0.4 is 5.32 Å². The van der Waals surface area contributed by atoms with E-state index in [9.17, 15) is 4.79 Å². The number of nitrogens with zero attached hydrogens (tertiary/aromatic N) is 1. The molecule has 2 atom stereocenters. The number of halogens is 2. The average Bonchev–Trinajstić information content (AvgIpc) is 2.36. The van der Waals surface area contributed by atoms with E-state index < -0.39 is 0 Å². The second-order valence-electron chi connectivity index (χ2n) is 5.61. The maximum Gasteiger partial charge on any atom is 0.239 e. The van der Waals surface area contributed by atoms with Crippen molar-refractivity contribution in [3.63, 3.8) is 0 Å². The van der Waals surface area contributed by atoms with Gasteiger partial charge in [-0.25, -0.2) is 0 Å². The summed E-state index contributed by atoms with van der Waals surface area (Å²) in [5, 5.41) is 4.49. The fourth-order valence-corrected chi connectivity index (χ4v) is 3.19. The molecule has 1 heterocycles. The first-order valence-corrected chi connectivity index (χ1v) is 7.64. The number of carbonyl (C=O) groups excluding carboxylic acids is 1. The van der Waals surface area contributed by atoms with Crippen molar-refractivity contribution >= 4 is 29.1 Å². The fourth-order valence-electron chi connectivity index (χ4n) is 2.62. The smallest absolute Gasteiger partial charge is 0.239 e. The average molecular weight is 315 g/mol. The summed E-state index contributed by atoms with van der Waals surface area (Å²) >= 11 is 12.0. The number of nitrogens with one attached hydrogen (secondary N) is 1. The lowest BCUT2D eigenvalue weighted by Crippen LogP contribution is -2.48. The third kappa shape index (κ3) is 4.11. The van der Waals surface area contributed by atoms with Gasteiger partial charge in [0.25, 0.3) is 0 Å². The van der Waals surface area contributed by atoms with Gasteiger partial charge in [-0.1, -0.05) is 30.1 Å². The van der Waals surface area contributed by atoms with E-state index in [-0.39, 0.29) is 11.9 Å². The minimum Gasteiger partial charge on any atom is -0.340 e. The molecule has 1 aliphatic rings. The van der Waals surface area contributed by atoms with Crippen molar-refractivity contribution in [2.24, 2.45) is 5.92 Å². The molecule has 0 radical (unpaired) electrons. The molecule has 1 aromatic carbocycles. The highest BCUT2D eigenvalue weighted by molar-refractivity contribution is 6.34. The van der Waals surface area contributed by atoms with Crippen LogP contribution in [0, 0.1) is 5.92 Å². The molecule has 0 bridgehead atoms. The Hall–Kier alpha value is -0.770. The highest BCUT2D eigenvalue weighted by Gasteiger charge is 2.26. The normalized spacial score (nSPS) is 22.6. The Morgan fingerprint density at radius 2 is 2.00 bits per heavy atom. The highest BCUT2D eigenvalue weighted by Crippen LogP contribution is 2.21. The Morgan fingerprint density at radius 1 is 1.35 bits per heavy atom.